The highest BCUT2D eigenvalue weighted by atomic mass is 16.4. The maximum atomic E-state index is 12.2. The zero-order valence-electron chi connectivity index (χ0n) is 14.5. The van der Waals surface area contributed by atoms with E-state index >= 15 is 0 Å². The summed E-state index contributed by atoms with van der Waals surface area (Å²) in [5.41, 5.74) is 2.96. The van der Waals surface area contributed by atoms with Gasteiger partial charge in [-0.25, -0.2) is 0 Å². The van der Waals surface area contributed by atoms with Crippen LogP contribution in [0.1, 0.15) is 28.5 Å². The average molecular weight is 357 g/mol. The first-order valence-corrected chi connectivity index (χ1v) is 8.05. The van der Waals surface area contributed by atoms with Crippen molar-refractivity contribution in [2.75, 3.05) is 5.32 Å². The zero-order valence-corrected chi connectivity index (χ0v) is 14.5. The van der Waals surface area contributed by atoms with Crippen molar-refractivity contribution >= 4 is 17.6 Å². The molecule has 0 saturated heterocycles. The van der Waals surface area contributed by atoms with E-state index in [1.54, 1.807) is 17.1 Å². The van der Waals surface area contributed by atoms with Gasteiger partial charge >= 0.3 is 5.97 Å². The topological polar surface area (TPSA) is 120 Å². The normalized spacial score (nSPS) is 10.8. The number of hydrogen-bond donors (Lipinski definition) is 2. The summed E-state index contributed by atoms with van der Waals surface area (Å²) in [6, 6.07) is 0. The third-order valence-corrected chi connectivity index (χ3v) is 3.92. The van der Waals surface area contributed by atoms with Crippen LogP contribution in [0, 0.1) is 6.92 Å². The molecule has 0 aliphatic heterocycles. The largest absolute Gasteiger partial charge is 0.480 e. The summed E-state index contributed by atoms with van der Waals surface area (Å²) in [6.45, 7) is 5.10. The van der Waals surface area contributed by atoms with Crippen LogP contribution < -0.4 is 5.32 Å². The molecule has 0 fully saturated rings. The monoisotopic (exact) mass is 357 g/mol. The first-order valence-electron chi connectivity index (χ1n) is 8.05. The molecule has 2 N–H and O–H groups in total. The number of amides is 1. The van der Waals surface area contributed by atoms with Crippen LogP contribution in [0.2, 0.25) is 0 Å². The molecule has 136 valence electrons. The second-order valence-electron chi connectivity index (χ2n) is 5.77. The Balaban J connectivity index is 1.64. The molecule has 3 heterocycles. The molecule has 0 unspecified atom stereocenters. The molecular formula is C16H19N7O3. The maximum absolute atomic E-state index is 12.2. The molecule has 0 saturated carbocycles. The van der Waals surface area contributed by atoms with Gasteiger partial charge < -0.3 is 10.4 Å². The van der Waals surface area contributed by atoms with Crippen molar-refractivity contribution in [1.29, 1.82) is 0 Å². The predicted octanol–water partition coefficient (Wildman–Crippen LogP) is 0.990. The minimum atomic E-state index is -1.02. The Hall–Kier alpha value is -3.43. The van der Waals surface area contributed by atoms with Gasteiger partial charge in [-0.3, -0.25) is 23.6 Å². The molecular weight excluding hydrogens is 338 g/mol. The highest BCUT2D eigenvalue weighted by Gasteiger charge is 2.12. The third-order valence-electron chi connectivity index (χ3n) is 3.92. The van der Waals surface area contributed by atoms with Gasteiger partial charge in [-0.2, -0.15) is 15.3 Å². The minimum absolute atomic E-state index is 0.277. The highest BCUT2D eigenvalue weighted by molar-refractivity contribution is 6.03. The van der Waals surface area contributed by atoms with Crippen LogP contribution in [0.4, 0.5) is 5.69 Å². The van der Waals surface area contributed by atoms with Crippen LogP contribution in [0.25, 0.3) is 0 Å². The van der Waals surface area contributed by atoms with E-state index in [1.807, 2.05) is 24.7 Å². The second kappa shape index (κ2) is 7.21. The first kappa shape index (κ1) is 17.4. The van der Waals surface area contributed by atoms with E-state index in [4.69, 9.17) is 5.11 Å². The van der Waals surface area contributed by atoms with Crippen LogP contribution in [0.3, 0.4) is 0 Å². The average Bonchev–Trinajstić information content (AvgIpc) is 3.30. The summed E-state index contributed by atoms with van der Waals surface area (Å²) >= 11 is 0. The number of anilines is 1. The van der Waals surface area contributed by atoms with Gasteiger partial charge in [0, 0.05) is 30.2 Å². The van der Waals surface area contributed by atoms with Gasteiger partial charge in [0.15, 0.2) is 0 Å². The van der Waals surface area contributed by atoms with E-state index in [9.17, 15) is 9.59 Å². The van der Waals surface area contributed by atoms with E-state index < -0.39 is 5.97 Å². The summed E-state index contributed by atoms with van der Waals surface area (Å²) in [6.07, 6.45) is 7.80. The number of carbonyl (C=O) groups excluding carboxylic acids is 1. The Kier molecular flexibility index (Phi) is 4.83. The fourth-order valence-electron chi connectivity index (χ4n) is 2.56. The molecule has 0 aromatic carbocycles. The van der Waals surface area contributed by atoms with E-state index in [1.165, 1.54) is 17.1 Å². The van der Waals surface area contributed by atoms with Crippen molar-refractivity contribution in [2.24, 2.45) is 0 Å². The molecule has 3 aromatic rings. The van der Waals surface area contributed by atoms with E-state index in [0.29, 0.717) is 12.2 Å². The third kappa shape index (κ3) is 3.79. The lowest BCUT2D eigenvalue weighted by atomic mass is 10.2. The van der Waals surface area contributed by atoms with Crippen molar-refractivity contribution in [2.45, 2.75) is 33.5 Å². The van der Waals surface area contributed by atoms with Gasteiger partial charge in [0.1, 0.15) is 6.54 Å². The number of carboxylic acids is 1. The van der Waals surface area contributed by atoms with Gasteiger partial charge in [0.05, 0.1) is 36.4 Å². The quantitative estimate of drug-likeness (QED) is 0.651. The molecule has 10 heteroatoms. The number of nitrogens with one attached hydrogen (secondary N) is 1. The SMILES string of the molecule is CCn1ncc(Cn2cc(NC(=O)c3cnn(CC(=O)O)c3)cn2)c1C. The van der Waals surface area contributed by atoms with Crippen molar-refractivity contribution in [3.63, 3.8) is 0 Å². The van der Waals surface area contributed by atoms with Crippen molar-refractivity contribution in [3.8, 4) is 0 Å². The molecule has 0 bridgehead atoms. The summed E-state index contributed by atoms with van der Waals surface area (Å²) < 4.78 is 4.82. The fraction of sp³-hybridized carbons (Fsp3) is 0.312. The summed E-state index contributed by atoms with van der Waals surface area (Å²) in [5.74, 6) is -1.40. The van der Waals surface area contributed by atoms with Crippen LogP contribution in [0.15, 0.2) is 31.0 Å². The molecule has 3 aromatic heterocycles. The van der Waals surface area contributed by atoms with E-state index in [2.05, 4.69) is 20.6 Å². The lowest BCUT2D eigenvalue weighted by Crippen LogP contribution is -2.11. The smallest absolute Gasteiger partial charge is 0.325 e. The molecule has 26 heavy (non-hydrogen) atoms. The van der Waals surface area contributed by atoms with Gasteiger partial charge in [0.2, 0.25) is 0 Å². The summed E-state index contributed by atoms with van der Waals surface area (Å²) in [5, 5.41) is 23.8. The summed E-state index contributed by atoms with van der Waals surface area (Å²) in [7, 11) is 0. The molecule has 0 aliphatic carbocycles. The van der Waals surface area contributed by atoms with Gasteiger partial charge in [-0.05, 0) is 13.8 Å². The molecule has 0 aliphatic rings. The summed E-state index contributed by atoms with van der Waals surface area (Å²) in [4.78, 5) is 22.9. The Morgan fingerprint density at radius 1 is 1.12 bits per heavy atom. The van der Waals surface area contributed by atoms with E-state index in [-0.39, 0.29) is 18.0 Å². The number of aliphatic carboxylic acids is 1. The second-order valence-corrected chi connectivity index (χ2v) is 5.77. The molecule has 0 radical (unpaired) electrons. The number of hydrogen-bond acceptors (Lipinski definition) is 5. The number of rotatable bonds is 7. The molecule has 1 amide bonds. The number of aryl methyl sites for hydroxylation is 1. The Bertz CT molecular complexity index is 937. The van der Waals surface area contributed by atoms with Gasteiger partial charge in [-0.1, -0.05) is 0 Å². The molecule has 0 atom stereocenters. The fourth-order valence-corrected chi connectivity index (χ4v) is 2.56. The number of carboxylic acid groups (broad SMARTS) is 1. The number of nitrogens with zero attached hydrogens (tertiary/aromatic N) is 6. The predicted molar refractivity (Wildman–Crippen MR) is 91.8 cm³/mol. The highest BCUT2D eigenvalue weighted by Crippen LogP contribution is 2.12. The molecule has 3 rings (SSSR count). The minimum Gasteiger partial charge on any atom is -0.480 e. The Morgan fingerprint density at radius 2 is 1.88 bits per heavy atom. The van der Waals surface area contributed by atoms with Gasteiger partial charge in [-0.15, -0.1) is 0 Å². The van der Waals surface area contributed by atoms with Crippen molar-refractivity contribution < 1.29 is 14.7 Å². The molecule has 0 spiro atoms. The van der Waals surface area contributed by atoms with Crippen LogP contribution in [-0.2, 0) is 24.4 Å². The Morgan fingerprint density at radius 3 is 2.58 bits per heavy atom. The Labute approximate surface area is 149 Å². The van der Waals surface area contributed by atoms with Crippen LogP contribution >= 0.6 is 0 Å². The lowest BCUT2D eigenvalue weighted by Gasteiger charge is -2.03. The van der Waals surface area contributed by atoms with Crippen LogP contribution in [-0.4, -0.2) is 46.3 Å². The lowest BCUT2D eigenvalue weighted by molar-refractivity contribution is -0.137. The van der Waals surface area contributed by atoms with Crippen LogP contribution in [0.5, 0.6) is 0 Å². The van der Waals surface area contributed by atoms with Crippen molar-refractivity contribution in [1.82, 2.24) is 29.3 Å². The number of carbonyl (C=O) groups is 2. The van der Waals surface area contributed by atoms with Crippen molar-refractivity contribution in [3.05, 3.63) is 47.8 Å². The molecule has 10 nitrogen and oxygen atoms in total. The van der Waals surface area contributed by atoms with E-state index in [0.717, 1.165) is 17.8 Å². The maximum Gasteiger partial charge on any atom is 0.325 e. The van der Waals surface area contributed by atoms with Gasteiger partial charge in [0.25, 0.3) is 5.91 Å². The zero-order chi connectivity index (χ0) is 18.7. The first-order chi connectivity index (χ1) is 12.5. The standard InChI is InChI=1S/C16H19N7O3/c1-3-23-11(2)12(4-19-23)7-21-9-14(6-18-21)20-16(26)13-5-17-22(8-13)10-15(24)25/h4-6,8-9H,3,7,10H2,1-2H3,(H,20,26)(H,24,25). The number of aromatic nitrogens is 6.